The fourth-order valence-electron chi connectivity index (χ4n) is 2.75. The van der Waals surface area contributed by atoms with Gasteiger partial charge in [-0.3, -0.25) is 0 Å². The Balaban J connectivity index is 0.00000450. The number of nitrogens with zero attached hydrogens (tertiary/aromatic N) is 3. The molecule has 0 saturated carbocycles. The molecule has 0 aliphatic carbocycles. The SMILES string of the molecule is CCNC(=NCc1ccc(C)c(F)c1)NCCC(O)(c1nccn1C)C(F)(F)F.I. The number of alkyl halides is 3. The van der Waals surface area contributed by atoms with Gasteiger partial charge in [-0.15, -0.1) is 24.0 Å². The minimum atomic E-state index is -4.90. The second kappa shape index (κ2) is 10.9. The normalized spacial score (nSPS) is 14.1. The fourth-order valence-corrected chi connectivity index (χ4v) is 2.75. The van der Waals surface area contributed by atoms with E-state index < -0.39 is 24.0 Å². The largest absolute Gasteiger partial charge is 0.424 e. The first-order valence-corrected chi connectivity index (χ1v) is 9.12. The third-order valence-electron chi connectivity index (χ3n) is 4.44. The molecule has 6 nitrogen and oxygen atoms in total. The van der Waals surface area contributed by atoms with E-state index in [9.17, 15) is 22.7 Å². The van der Waals surface area contributed by atoms with Crippen LogP contribution in [-0.2, 0) is 19.2 Å². The summed E-state index contributed by atoms with van der Waals surface area (Å²) < 4.78 is 55.4. The molecule has 3 N–H and O–H groups in total. The van der Waals surface area contributed by atoms with Crippen LogP contribution < -0.4 is 10.6 Å². The van der Waals surface area contributed by atoms with Crippen molar-refractivity contribution >= 4 is 29.9 Å². The molecule has 0 amide bonds. The maximum atomic E-state index is 13.6. The van der Waals surface area contributed by atoms with E-state index >= 15 is 0 Å². The van der Waals surface area contributed by atoms with Crippen molar-refractivity contribution in [2.24, 2.45) is 12.0 Å². The Bertz CT molecular complexity index is 856. The number of hydrogen-bond donors (Lipinski definition) is 3. The van der Waals surface area contributed by atoms with Gasteiger partial charge in [0.2, 0.25) is 5.60 Å². The monoisotopic (exact) mass is 543 g/mol. The van der Waals surface area contributed by atoms with Gasteiger partial charge in [0, 0.05) is 39.0 Å². The van der Waals surface area contributed by atoms with E-state index in [1.807, 2.05) is 6.92 Å². The summed E-state index contributed by atoms with van der Waals surface area (Å²) in [5, 5.41) is 16.0. The summed E-state index contributed by atoms with van der Waals surface area (Å²) in [6.45, 7) is 3.88. The lowest BCUT2D eigenvalue weighted by molar-refractivity contribution is -0.272. The topological polar surface area (TPSA) is 74.5 Å². The molecule has 1 heterocycles. The number of aromatic nitrogens is 2. The van der Waals surface area contributed by atoms with Crippen molar-refractivity contribution in [3.63, 3.8) is 0 Å². The molecule has 0 aliphatic rings. The first-order chi connectivity index (χ1) is 13.6. The van der Waals surface area contributed by atoms with Gasteiger partial charge in [0.25, 0.3) is 0 Å². The molecule has 11 heteroatoms. The molecule has 1 aromatic carbocycles. The lowest BCUT2D eigenvalue weighted by Crippen LogP contribution is -2.47. The molecule has 1 unspecified atom stereocenters. The number of guanidine groups is 1. The van der Waals surface area contributed by atoms with Gasteiger partial charge in [-0.25, -0.2) is 14.4 Å². The van der Waals surface area contributed by atoms with E-state index in [4.69, 9.17) is 0 Å². The third-order valence-corrected chi connectivity index (χ3v) is 4.44. The zero-order valence-electron chi connectivity index (χ0n) is 16.9. The highest BCUT2D eigenvalue weighted by molar-refractivity contribution is 14.0. The molecule has 0 fully saturated rings. The van der Waals surface area contributed by atoms with Crippen LogP contribution in [0.15, 0.2) is 35.6 Å². The number of nitrogens with one attached hydrogen (secondary N) is 2. The van der Waals surface area contributed by atoms with Crippen LogP contribution in [-0.4, -0.2) is 39.9 Å². The third kappa shape index (κ3) is 6.30. The highest BCUT2D eigenvalue weighted by Crippen LogP contribution is 2.40. The van der Waals surface area contributed by atoms with Crippen LogP contribution in [0.4, 0.5) is 17.6 Å². The minimum Gasteiger partial charge on any atom is -0.374 e. The van der Waals surface area contributed by atoms with Crippen molar-refractivity contribution < 1.29 is 22.7 Å². The number of halogens is 5. The summed E-state index contributed by atoms with van der Waals surface area (Å²) in [5.41, 5.74) is -1.95. The molecule has 0 aliphatic heterocycles. The Labute approximate surface area is 189 Å². The quantitative estimate of drug-likeness (QED) is 0.217. The molecule has 168 valence electrons. The smallest absolute Gasteiger partial charge is 0.374 e. The summed E-state index contributed by atoms with van der Waals surface area (Å²) >= 11 is 0. The van der Waals surface area contributed by atoms with E-state index in [2.05, 4.69) is 20.6 Å². The summed E-state index contributed by atoms with van der Waals surface area (Å²) in [5.74, 6) is -0.567. The predicted octanol–water partition coefficient (Wildman–Crippen LogP) is 3.38. The van der Waals surface area contributed by atoms with Gasteiger partial charge in [-0.05, 0) is 31.0 Å². The Morgan fingerprint density at radius 3 is 2.50 bits per heavy atom. The summed E-state index contributed by atoms with van der Waals surface area (Å²) in [6, 6.07) is 4.73. The first kappa shape index (κ1) is 26.1. The highest BCUT2D eigenvalue weighted by Gasteiger charge is 2.57. The van der Waals surface area contributed by atoms with Crippen LogP contribution in [0.5, 0.6) is 0 Å². The van der Waals surface area contributed by atoms with Gasteiger partial charge in [-0.1, -0.05) is 12.1 Å². The van der Waals surface area contributed by atoms with Crippen molar-refractivity contribution in [3.05, 3.63) is 53.4 Å². The minimum absolute atomic E-state index is 0. The Morgan fingerprint density at radius 1 is 1.27 bits per heavy atom. The van der Waals surface area contributed by atoms with Crippen molar-refractivity contribution in [2.45, 2.75) is 38.6 Å². The van der Waals surface area contributed by atoms with Crippen LogP contribution in [0.3, 0.4) is 0 Å². The lowest BCUT2D eigenvalue weighted by Gasteiger charge is -2.30. The molecule has 1 aromatic heterocycles. The van der Waals surface area contributed by atoms with Gasteiger partial charge in [0.15, 0.2) is 5.96 Å². The number of imidazole rings is 1. The Kier molecular flexibility index (Phi) is 9.53. The van der Waals surface area contributed by atoms with Crippen LogP contribution >= 0.6 is 24.0 Å². The molecule has 0 bridgehead atoms. The van der Waals surface area contributed by atoms with Gasteiger partial charge in [0.05, 0.1) is 6.54 Å². The van der Waals surface area contributed by atoms with Crippen molar-refractivity contribution in [1.82, 2.24) is 20.2 Å². The zero-order valence-corrected chi connectivity index (χ0v) is 19.3. The molecule has 0 spiro atoms. The molecule has 2 rings (SSSR count). The van der Waals surface area contributed by atoms with E-state index in [-0.39, 0.29) is 48.8 Å². The van der Waals surface area contributed by atoms with Crippen molar-refractivity contribution in [2.75, 3.05) is 13.1 Å². The average Bonchev–Trinajstić information content (AvgIpc) is 3.07. The number of benzene rings is 1. The Morgan fingerprint density at radius 2 is 1.97 bits per heavy atom. The number of aliphatic imine (C=N–C) groups is 1. The van der Waals surface area contributed by atoms with Crippen LogP contribution in [0.2, 0.25) is 0 Å². The van der Waals surface area contributed by atoms with Gasteiger partial charge < -0.3 is 20.3 Å². The van der Waals surface area contributed by atoms with Crippen LogP contribution in [0.25, 0.3) is 0 Å². The van der Waals surface area contributed by atoms with Gasteiger partial charge in [0.1, 0.15) is 11.6 Å². The lowest BCUT2D eigenvalue weighted by atomic mass is 9.97. The second-order valence-electron chi connectivity index (χ2n) is 6.68. The summed E-state index contributed by atoms with van der Waals surface area (Å²) in [7, 11) is 1.39. The number of hydrogen-bond acceptors (Lipinski definition) is 3. The van der Waals surface area contributed by atoms with E-state index in [1.54, 1.807) is 19.1 Å². The maximum absolute atomic E-state index is 13.6. The summed E-state index contributed by atoms with van der Waals surface area (Å²) in [4.78, 5) is 7.92. The molecule has 30 heavy (non-hydrogen) atoms. The average molecular weight is 543 g/mol. The van der Waals surface area contributed by atoms with Gasteiger partial charge in [-0.2, -0.15) is 13.2 Å². The first-order valence-electron chi connectivity index (χ1n) is 9.12. The molecule has 2 aromatic rings. The maximum Gasteiger partial charge on any atom is 0.424 e. The zero-order chi connectivity index (χ0) is 21.7. The molecule has 0 saturated heterocycles. The fraction of sp³-hybridized carbons (Fsp3) is 0.474. The standard InChI is InChI=1S/C19H25F4N5O.HI/c1-4-24-17(27-12-14-6-5-13(2)15(20)11-14)26-8-7-18(29,19(21,22)23)16-25-9-10-28(16)3;/h5-6,9-11,29H,4,7-8,12H2,1-3H3,(H2,24,26,27);1H. The van der Waals surface area contributed by atoms with E-state index in [0.717, 1.165) is 4.57 Å². The van der Waals surface area contributed by atoms with E-state index in [1.165, 1.54) is 25.5 Å². The highest BCUT2D eigenvalue weighted by atomic mass is 127. The second-order valence-corrected chi connectivity index (χ2v) is 6.68. The number of aryl methyl sites for hydroxylation is 2. The molecular formula is C19H26F4IN5O. The van der Waals surface area contributed by atoms with Crippen LogP contribution in [0.1, 0.15) is 30.3 Å². The van der Waals surface area contributed by atoms with Crippen molar-refractivity contribution in [3.8, 4) is 0 Å². The Hall–Kier alpha value is -1.89. The van der Waals surface area contributed by atoms with E-state index in [0.29, 0.717) is 17.7 Å². The van der Waals surface area contributed by atoms with Crippen molar-refractivity contribution in [1.29, 1.82) is 0 Å². The molecule has 1 atom stereocenters. The summed E-state index contributed by atoms with van der Waals surface area (Å²) in [6.07, 6.45) is -3.02. The van der Waals surface area contributed by atoms with Gasteiger partial charge >= 0.3 is 6.18 Å². The number of aliphatic hydroxyl groups is 1. The predicted molar refractivity (Wildman–Crippen MR) is 117 cm³/mol. The molecule has 0 radical (unpaired) electrons. The van der Waals surface area contributed by atoms with Crippen LogP contribution in [0, 0.1) is 12.7 Å². The molecular weight excluding hydrogens is 517 g/mol. The number of rotatable bonds is 7.